The second kappa shape index (κ2) is 3.19. The summed E-state index contributed by atoms with van der Waals surface area (Å²) in [6, 6.07) is 4.36. The first-order valence-electron chi connectivity index (χ1n) is 4.36. The molecule has 2 unspecified atom stereocenters. The molecule has 4 nitrogen and oxygen atoms in total. The summed E-state index contributed by atoms with van der Waals surface area (Å²) in [5.41, 5.74) is 0.912. The summed E-state index contributed by atoms with van der Waals surface area (Å²) in [4.78, 5) is 0. The third kappa shape index (κ3) is 1.56. The first-order valence-corrected chi connectivity index (χ1v) is 4.36. The van der Waals surface area contributed by atoms with Crippen molar-refractivity contribution in [1.82, 2.24) is 10.5 Å². The predicted octanol–water partition coefficient (Wildman–Crippen LogP) is 1.16. The molecule has 68 valence electrons. The molecule has 1 N–H and O–H groups in total. The summed E-state index contributed by atoms with van der Waals surface area (Å²) in [5, 5.41) is 15.9. The van der Waals surface area contributed by atoms with Gasteiger partial charge in [-0.3, -0.25) is 0 Å². The van der Waals surface area contributed by atoms with E-state index in [-0.39, 0.29) is 12.0 Å². The summed E-state index contributed by atoms with van der Waals surface area (Å²) < 4.78 is 4.97. The normalized spacial score (nSPS) is 27.4. The molecule has 0 aromatic carbocycles. The van der Waals surface area contributed by atoms with E-state index in [0.29, 0.717) is 0 Å². The van der Waals surface area contributed by atoms with Gasteiger partial charge >= 0.3 is 0 Å². The van der Waals surface area contributed by atoms with Crippen LogP contribution in [-0.2, 0) is 0 Å². The molecule has 2 heterocycles. The summed E-state index contributed by atoms with van der Waals surface area (Å²) in [6.45, 7) is 2.63. The largest absolute Gasteiger partial charge is 0.361 e. The van der Waals surface area contributed by atoms with Gasteiger partial charge in [0.15, 0.2) is 0 Å². The molecule has 0 bridgehead atoms. The highest BCUT2D eigenvalue weighted by atomic mass is 16.5. The molecule has 0 amide bonds. The Morgan fingerprint density at radius 1 is 1.77 bits per heavy atom. The van der Waals surface area contributed by atoms with Crippen molar-refractivity contribution >= 4 is 0 Å². The summed E-state index contributed by atoms with van der Waals surface area (Å²) >= 11 is 0. The molecule has 1 aromatic heterocycles. The predicted molar refractivity (Wildman–Crippen MR) is 45.7 cm³/mol. The first-order chi connectivity index (χ1) is 6.29. The third-order valence-electron chi connectivity index (χ3n) is 2.32. The van der Waals surface area contributed by atoms with Crippen LogP contribution in [0.3, 0.4) is 0 Å². The van der Waals surface area contributed by atoms with Gasteiger partial charge in [0.05, 0.1) is 18.0 Å². The van der Waals surface area contributed by atoms with E-state index in [4.69, 9.17) is 9.78 Å². The van der Waals surface area contributed by atoms with E-state index >= 15 is 0 Å². The maximum absolute atomic E-state index is 8.70. The second-order valence-electron chi connectivity index (χ2n) is 3.38. The Balaban J connectivity index is 2.09. The molecular formula is C9H11N3O. The van der Waals surface area contributed by atoms with Crippen LogP contribution in [0.5, 0.6) is 0 Å². The van der Waals surface area contributed by atoms with E-state index in [1.165, 1.54) is 0 Å². The molecule has 13 heavy (non-hydrogen) atoms. The minimum absolute atomic E-state index is 0.113. The van der Waals surface area contributed by atoms with Gasteiger partial charge in [0.2, 0.25) is 0 Å². The lowest BCUT2D eigenvalue weighted by Crippen LogP contribution is -2.13. The van der Waals surface area contributed by atoms with E-state index in [1.807, 2.05) is 13.0 Å². The van der Waals surface area contributed by atoms with Crippen LogP contribution in [0.4, 0.5) is 0 Å². The molecule has 2 rings (SSSR count). The van der Waals surface area contributed by atoms with Gasteiger partial charge in [-0.15, -0.1) is 0 Å². The molecule has 0 aliphatic carbocycles. The molecular weight excluding hydrogens is 166 g/mol. The van der Waals surface area contributed by atoms with Crippen LogP contribution in [0, 0.1) is 24.2 Å². The topological polar surface area (TPSA) is 61.9 Å². The van der Waals surface area contributed by atoms with E-state index < -0.39 is 0 Å². The standard InChI is InChI=1S/C9H11N3O/c1-6-2-9(12-13-6)8-3-7(4-10)5-11-8/h2,7-8,11H,3,5H2,1H3. The number of nitrogens with zero attached hydrogens (tertiary/aromatic N) is 2. The van der Waals surface area contributed by atoms with Crippen molar-refractivity contribution in [3.8, 4) is 6.07 Å². The summed E-state index contributed by atoms with van der Waals surface area (Å²) in [5.74, 6) is 0.930. The van der Waals surface area contributed by atoms with Crippen LogP contribution in [-0.4, -0.2) is 11.7 Å². The molecule has 1 aliphatic rings. The molecule has 0 spiro atoms. The van der Waals surface area contributed by atoms with E-state index in [1.54, 1.807) is 0 Å². The van der Waals surface area contributed by atoms with Crippen molar-refractivity contribution in [1.29, 1.82) is 5.26 Å². The Morgan fingerprint density at radius 3 is 3.15 bits per heavy atom. The Kier molecular flexibility index (Phi) is 2.03. The van der Waals surface area contributed by atoms with E-state index in [0.717, 1.165) is 24.4 Å². The highest BCUT2D eigenvalue weighted by Gasteiger charge is 2.26. The average molecular weight is 177 g/mol. The number of nitrogens with one attached hydrogen (secondary N) is 1. The Morgan fingerprint density at radius 2 is 2.62 bits per heavy atom. The van der Waals surface area contributed by atoms with Crippen LogP contribution >= 0.6 is 0 Å². The van der Waals surface area contributed by atoms with Crippen molar-refractivity contribution in [2.45, 2.75) is 19.4 Å². The molecule has 1 aliphatic heterocycles. The van der Waals surface area contributed by atoms with Crippen LogP contribution in [0.1, 0.15) is 23.9 Å². The zero-order valence-corrected chi connectivity index (χ0v) is 7.45. The van der Waals surface area contributed by atoms with Crippen LogP contribution in [0.2, 0.25) is 0 Å². The quantitative estimate of drug-likeness (QED) is 0.699. The SMILES string of the molecule is Cc1cc(C2CC(C#N)CN2)no1. The molecule has 2 atom stereocenters. The number of hydrogen-bond donors (Lipinski definition) is 1. The number of hydrogen-bond acceptors (Lipinski definition) is 4. The third-order valence-corrected chi connectivity index (χ3v) is 2.32. The van der Waals surface area contributed by atoms with Gasteiger partial charge in [-0.2, -0.15) is 5.26 Å². The zero-order valence-electron chi connectivity index (χ0n) is 7.45. The van der Waals surface area contributed by atoms with Crippen LogP contribution in [0.25, 0.3) is 0 Å². The van der Waals surface area contributed by atoms with Gasteiger partial charge in [0, 0.05) is 12.6 Å². The fraction of sp³-hybridized carbons (Fsp3) is 0.556. The Bertz CT molecular complexity index is 339. The minimum atomic E-state index is 0.113. The molecule has 1 fully saturated rings. The van der Waals surface area contributed by atoms with Gasteiger partial charge in [-0.05, 0) is 13.3 Å². The molecule has 1 aromatic rings. The second-order valence-corrected chi connectivity index (χ2v) is 3.38. The monoisotopic (exact) mass is 177 g/mol. The fourth-order valence-electron chi connectivity index (χ4n) is 1.61. The van der Waals surface area contributed by atoms with Crippen molar-refractivity contribution in [3.63, 3.8) is 0 Å². The zero-order chi connectivity index (χ0) is 9.26. The maximum atomic E-state index is 8.70. The van der Waals surface area contributed by atoms with Crippen molar-refractivity contribution in [2.75, 3.05) is 6.54 Å². The van der Waals surface area contributed by atoms with Gasteiger partial charge in [-0.1, -0.05) is 5.16 Å². The highest BCUT2D eigenvalue weighted by molar-refractivity contribution is 5.12. The number of rotatable bonds is 1. The lowest BCUT2D eigenvalue weighted by Gasteiger charge is -2.02. The smallest absolute Gasteiger partial charge is 0.133 e. The van der Waals surface area contributed by atoms with Crippen molar-refractivity contribution in [3.05, 3.63) is 17.5 Å². The first kappa shape index (κ1) is 8.27. The average Bonchev–Trinajstić information content (AvgIpc) is 2.71. The highest BCUT2D eigenvalue weighted by Crippen LogP contribution is 2.25. The summed E-state index contributed by atoms with van der Waals surface area (Å²) in [7, 11) is 0. The molecule has 1 saturated heterocycles. The minimum Gasteiger partial charge on any atom is -0.361 e. The Labute approximate surface area is 76.5 Å². The maximum Gasteiger partial charge on any atom is 0.133 e. The molecule has 0 radical (unpaired) electrons. The van der Waals surface area contributed by atoms with Crippen molar-refractivity contribution in [2.24, 2.45) is 5.92 Å². The molecule has 4 heteroatoms. The molecule has 0 saturated carbocycles. The van der Waals surface area contributed by atoms with Crippen LogP contribution < -0.4 is 5.32 Å². The van der Waals surface area contributed by atoms with Crippen LogP contribution in [0.15, 0.2) is 10.6 Å². The van der Waals surface area contributed by atoms with Gasteiger partial charge < -0.3 is 9.84 Å². The number of nitriles is 1. The number of aryl methyl sites for hydroxylation is 1. The van der Waals surface area contributed by atoms with Gasteiger partial charge in [-0.25, -0.2) is 0 Å². The van der Waals surface area contributed by atoms with Gasteiger partial charge in [0.25, 0.3) is 0 Å². The van der Waals surface area contributed by atoms with E-state index in [2.05, 4.69) is 16.5 Å². The van der Waals surface area contributed by atoms with Gasteiger partial charge in [0.1, 0.15) is 11.5 Å². The lowest BCUT2D eigenvalue weighted by atomic mass is 10.1. The van der Waals surface area contributed by atoms with Crippen molar-refractivity contribution < 1.29 is 4.52 Å². The fourth-order valence-corrected chi connectivity index (χ4v) is 1.61. The van der Waals surface area contributed by atoms with E-state index in [9.17, 15) is 0 Å². The summed E-state index contributed by atoms with van der Waals surface area (Å²) in [6.07, 6.45) is 0.836. The Hall–Kier alpha value is -1.34. The lowest BCUT2D eigenvalue weighted by molar-refractivity contribution is 0.382. The number of aromatic nitrogens is 1.